The number of aromatic hydroxyl groups is 1. The quantitative estimate of drug-likeness (QED) is 0.240. The highest BCUT2D eigenvalue weighted by molar-refractivity contribution is 6.24. The van der Waals surface area contributed by atoms with E-state index in [1.807, 2.05) is 49.1 Å². The van der Waals surface area contributed by atoms with E-state index in [-0.39, 0.29) is 18.5 Å². The van der Waals surface area contributed by atoms with E-state index in [2.05, 4.69) is 0 Å². The van der Waals surface area contributed by atoms with E-state index in [0.29, 0.717) is 19.0 Å². The highest BCUT2D eigenvalue weighted by Gasteiger charge is 2.63. The molecule has 4 aliphatic carbocycles. The maximum atomic E-state index is 15.2. The Morgan fingerprint density at radius 2 is 1.70 bits per heavy atom. The van der Waals surface area contributed by atoms with E-state index in [1.54, 1.807) is 0 Å². The summed E-state index contributed by atoms with van der Waals surface area (Å²) in [4.78, 5) is 43.1. The molecule has 1 saturated carbocycles. The smallest absolute Gasteiger partial charge is 0.417 e. The van der Waals surface area contributed by atoms with Crippen LogP contribution >= 0.6 is 0 Å². The number of primary amides is 1. The van der Waals surface area contributed by atoms with Crippen LogP contribution in [0.5, 0.6) is 5.75 Å². The maximum Gasteiger partial charge on any atom is 0.417 e. The summed E-state index contributed by atoms with van der Waals surface area (Å²) in [5.41, 5.74) is -0.736. The molecule has 0 spiro atoms. The van der Waals surface area contributed by atoms with Crippen LogP contribution in [0.15, 0.2) is 59.1 Å². The third-order valence-electron chi connectivity index (χ3n) is 10.9. The lowest BCUT2D eigenvalue weighted by Gasteiger charge is -2.50. The van der Waals surface area contributed by atoms with Crippen LogP contribution in [0.2, 0.25) is 0 Å². The van der Waals surface area contributed by atoms with Crippen molar-refractivity contribution in [2.24, 2.45) is 23.5 Å². The van der Waals surface area contributed by atoms with E-state index in [1.165, 1.54) is 19.0 Å². The number of carbonyl (C=O) groups is 3. The number of fused-ring (bicyclic) bond motifs is 3. The second kappa shape index (κ2) is 12.2. The van der Waals surface area contributed by atoms with Crippen molar-refractivity contribution in [1.29, 1.82) is 0 Å². The molecular weight excluding hydrogens is 655 g/mol. The van der Waals surface area contributed by atoms with Crippen LogP contribution in [-0.4, -0.2) is 86.5 Å². The first-order chi connectivity index (χ1) is 23.3. The van der Waals surface area contributed by atoms with Gasteiger partial charge in [-0.3, -0.25) is 24.2 Å². The number of phenolic OH excluding ortho intramolecular Hbond substituents is 1. The van der Waals surface area contributed by atoms with Gasteiger partial charge in [0.05, 0.1) is 17.2 Å². The van der Waals surface area contributed by atoms with Crippen LogP contribution in [0.25, 0.3) is 0 Å². The number of phenols is 1. The molecular formula is C37H42F3N3O7. The van der Waals surface area contributed by atoms with Crippen LogP contribution < -0.4 is 5.73 Å². The first-order valence-corrected chi connectivity index (χ1v) is 16.7. The number of amides is 1. The summed E-state index contributed by atoms with van der Waals surface area (Å²) in [6, 6.07) is 9.36. The van der Waals surface area contributed by atoms with Crippen LogP contribution in [0.4, 0.5) is 13.2 Å². The molecule has 1 fully saturated rings. The molecule has 0 aliphatic heterocycles. The van der Waals surface area contributed by atoms with Gasteiger partial charge in [0.25, 0.3) is 5.91 Å². The molecule has 6 rings (SSSR count). The van der Waals surface area contributed by atoms with E-state index in [0.717, 1.165) is 24.5 Å². The Bertz CT molecular complexity index is 1830. The fourth-order valence-corrected chi connectivity index (χ4v) is 8.50. The molecule has 6 N–H and O–H groups in total. The molecule has 4 aliphatic rings. The molecule has 0 aromatic heterocycles. The van der Waals surface area contributed by atoms with Crippen molar-refractivity contribution in [3.8, 4) is 5.75 Å². The van der Waals surface area contributed by atoms with E-state index in [9.17, 15) is 34.8 Å². The minimum Gasteiger partial charge on any atom is -0.510 e. The number of halogens is 3. The van der Waals surface area contributed by atoms with Gasteiger partial charge in [-0.05, 0) is 74.4 Å². The molecule has 2 aromatic carbocycles. The Kier molecular flexibility index (Phi) is 8.72. The number of alkyl halides is 3. The average Bonchev–Trinajstić information content (AvgIpc) is 3.82. The Hall–Kier alpha value is -4.20. The fraction of sp³-hybridized carbons (Fsp3) is 0.486. The number of hydrogen-bond donors (Lipinski definition) is 5. The Balaban J connectivity index is 1.46. The molecule has 0 bridgehead atoms. The molecule has 0 heterocycles. The predicted molar refractivity (Wildman–Crippen MR) is 176 cm³/mol. The summed E-state index contributed by atoms with van der Waals surface area (Å²) in [7, 11) is 2.96. The minimum absolute atomic E-state index is 0.149. The number of aliphatic hydroxyl groups is 3. The maximum absolute atomic E-state index is 15.2. The summed E-state index contributed by atoms with van der Waals surface area (Å²) in [6.07, 6.45) is -3.77. The van der Waals surface area contributed by atoms with Crippen molar-refractivity contribution in [3.05, 3.63) is 86.9 Å². The van der Waals surface area contributed by atoms with Crippen molar-refractivity contribution < 1.29 is 48.0 Å². The molecule has 0 unspecified atom stereocenters. The number of Topliss-reactive ketones (excluding diaryl/α,β-unsaturated/α-hetero) is 2. The van der Waals surface area contributed by atoms with Gasteiger partial charge in [0.1, 0.15) is 22.8 Å². The lowest BCUT2D eigenvalue weighted by Crippen LogP contribution is -2.63. The predicted octanol–water partition coefficient (Wildman–Crippen LogP) is 4.33. The lowest BCUT2D eigenvalue weighted by molar-refractivity contribution is -0.148. The Morgan fingerprint density at radius 3 is 2.26 bits per heavy atom. The van der Waals surface area contributed by atoms with Crippen molar-refractivity contribution >= 4 is 17.5 Å². The van der Waals surface area contributed by atoms with Crippen molar-refractivity contribution in [3.63, 3.8) is 0 Å². The number of hydrogen-bond acceptors (Lipinski definition) is 9. The Morgan fingerprint density at radius 1 is 1.06 bits per heavy atom. The molecule has 268 valence electrons. The third-order valence-corrected chi connectivity index (χ3v) is 10.9. The molecule has 4 atom stereocenters. The van der Waals surface area contributed by atoms with Crippen molar-refractivity contribution in [2.75, 3.05) is 27.2 Å². The molecule has 0 radical (unpaired) electrons. The molecule has 0 saturated heterocycles. The monoisotopic (exact) mass is 697 g/mol. The molecule has 1 amide bonds. The van der Waals surface area contributed by atoms with Gasteiger partial charge in [0.15, 0.2) is 11.4 Å². The number of allylic oxidation sites excluding steroid dienone is 1. The zero-order chi connectivity index (χ0) is 36.7. The number of rotatable bonds is 9. The number of nitrogens with two attached hydrogens (primary N) is 1. The topological polar surface area (TPSA) is 165 Å². The highest BCUT2D eigenvalue weighted by atomic mass is 19.4. The Labute approximate surface area is 287 Å². The van der Waals surface area contributed by atoms with Crippen LogP contribution in [0, 0.1) is 17.8 Å². The largest absolute Gasteiger partial charge is 0.510 e. The van der Waals surface area contributed by atoms with Crippen LogP contribution in [0.3, 0.4) is 0 Å². The number of likely N-dealkylation sites (N-methyl/N-ethyl adjacent to an activating group) is 1. The van der Waals surface area contributed by atoms with Gasteiger partial charge in [-0.15, -0.1) is 0 Å². The number of ketones is 2. The lowest BCUT2D eigenvalue weighted by atomic mass is 9.58. The van der Waals surface area contributed by atoms with Crippen molar-refractivity contribution in [1.82, 2.24) is 9.80 Å². The van der Waals surface area contributed by atoms with E-state index in [4.69, 9.17) is 5.73 Å². The summed E-state index contributed by atoms with van der Waals surface area (Å²) in [5, 5.41) is 45.5. The SMILES string of the molecule is CN(C)[C@@H]1C(O)=C(C(N)=O)C(=O)[C@@]2(O)C(O)=C3C(=O)c4c(O)cc(CN(CC5CC5)CC(C)(C)c5ccccc5)c(C(F)(F)F)c4C[C@H]3C[C@@H]12. The highest BCUT2D eigenvalue weighted by Crippen LogP contribution is 2.54. The zero-order valence-corrected chi connectivity index (χ0v) is 28.3. The first-order valence-electron chi connectivity index (χ1n) is 16.7. The second-order valence-corrected chi connectivity index (χ2v) is 15.1. The summed E-state index contributed by atoms with van der Waals surface area (Å²) in [5.74, 6) is -8.70. The standard InChI is InChI=1S/C37H42F3N3O7/c1-35(2,21-8-6-5-7-9-21)17-43(15-18-10-11-18)16-20-14-24(44)26-22(28(20)37(38,39)40)12-19-13-23-29(42(3)4)31(46)27(34(41)49)33(48)36(23,50)32(47)25(19)30(26)45/h5-9,14,18-19,23,29,44,46-47,50H,10-13,15-17H2,1-4H3,(H2,41,49)/t19-,23-,29-,36-/m0/s1. The molecule has 10 nitrogen and oxygen atoms in total. The fourth-order valence-electron chi connectivity index (χ4n) is 8.50. The van der Waals surface area contributed by atoms with Crippen molar-refractivity contribution in [2.45, 2.75) is 69.3 Å². The zero-order valence-electron chi connectivity index (χ0n) is 28.3. The second-order valence-electron chi connectivity index (χ2n) is 15.1. The van der Waals surface area contributed by atoms with Gasteiger partial charge in [-0.25, -0.2) is 0 Å². The van der Waals surface area contributed by atoms with E-state index < -0.39 is 104 Å². The van der Waals surface area contributed by atoms with Crippen LogP contribution in [-0.2, 0) is 34.1 Å². The van der Waals surface area contributed by atoms with Gasteiger partial charge in [-0.2, -0.15) is 13.2 Å². The van der Waals surface area contributed by atoms with Gasteiger partial charge in [0, 0.05) is 36.5 Å². The van der Waals surface area contributed by atoms with Gasteiger partial charge in [0.2, 0.25) is 5.78 Å². The van der Waals surface area contributed by atoms with Gasteiger partial charge < -0.3 is 26.2 Å². The number of benzene rings is 2. The van der Waals surface area contributed by atoms with Gasteiger partial charge >= 0.3 is 6.18 Å². The summed E-state index contributed by atoms with van der Waals surface area (Å²) >= 11 is 0. The molecule has 50 heavy (non-hydrogen) atoms. The normalized spacial score (nSPS) is 25.6. The van der Waals surface area contributed by atoms with E-state index >= 15 is 13.2 Å². The van der Waals surface area contributed by atoms with Crippen LogP contribution in [0.1, 0.15) is 65.7 Å². The minimum atomic E-state index is -4.93. The van der Waals surface area contributed by atoms with Gasteiger partial charge in [-0.1, -0.05) is 44.2 Å². The number of aliphatic hydroxyl groups excluding tert-OH is 2. The first kappa shape index (κ1) is 35.6. The summed E-state index contributed by atoms with van der Waals surface area (Å²) < 4.78 is 45.6. The summed E-state index contributed by atoms with van der Waals surface area (Å²) in [6.45, 7) is 4.88. The number of carbonyl (C=O) groups excluding carboxylic acids is 3. The molecule has 13 heteroatoms. The molecule has 2 aromatic rings. The third kappa shape index (κ3) is 5.78. The number of nitrogens with zero attached hydrogens (tertiary/aromatic N) is 2. The average molecular weight is 698 g/mol.